The molecule has 0 atom stereocenters. The molecule has 0 aliphatic heterocycles. The molecule has 114 valence electrons. The van der Waals surface area contributed by atoms with Crippen molar-refractivity contribution in [2.24, 2.45) is 0 Å². The first kappa shape index (κ1) is 16.0. The number of nitrogens with zero attached hydrogens (tertiary/aromatic N) is 2. The Kier molecular flexibility index (Phi) is 4.38. The van der Waals surface area contributed by atoms with Crippen LogP contribution in [0.5, 0.6) is 5.75 Å². The lowest BCUT2D eigenvalue weighted by molar-refractivity contribution is 0.345. The van der Waals surface area contributed by atoms with Gasteiger partial charge in [-0.2, -0.15) is 5.10 Å². The van der Waals surface area contributed by atoms with E-state index >= 15 is 0 Å². The first-order chi connectivity index (χ1) is 9.70. The van der Waals surface area contributed by atoms with Crippen LogP contribution in [-0.4, -0.2) is 20.1 Å². The molecule has 3 nitrogen and oxygen atoms in total. The van der Waals surface area contributed by atoms with Crippen molar-refractivity contribution in [1.82, 2.24) is 9.78 Å². The zero-order valence-electron chi connectivity index (χ0n) is 13.6. The van der Waals surface area contributed by atoms with E-state index in [0.717, 1.165) is 11.3 Å². The van der Waals surface area contributed by atoms with Gasteiger partial charge in [-0.3, -0.25) is 4.68 Å². The summed E-state index contributed by atoms with van der Waals surface area (Å²) < 4.78 is 1.89. The van der Waals surface area contributed by atoms with Crippen LogP contribution in [0, 0.1) is 6.92 Å². The maximum Gasteiger partial charge on any atom is 0.164 e. The lowest BCUT2D eigenvalue weighted by Gasteiger charge is -2.20. The summed E-state index contributed by atoms with van der Waals surface area (Å²) in [7, 11) is 0. The van der Waals surface area contributed by atoms with E-state index in [9.17, 15) is 5.11 Å². The predicted molar refractivity (Wildman–Crippen MR) is 90.1 cm³/mol. The minimum Gasteiger partial charge on any atom is -0.504 e. The third-order valence-corrected chi connectivity index (χ3v) is 4.20. The fourth-order valence-corrected chi connectivity index (χ4v) is 3.23. The van der Waals surface area contributed by atoms with Gasteiger partial charge in [0.1, 0.15) is 5.69 Å². The van der Waals surface area contributed by atoms with E-state index in [4.69, 9.17) is 0 Å². The second kappa shape index (κ2) is 5.76. The van der Waals surface area contributed by atoms with Crippen LogP contribution >= 0.6 is 11.8 Å². The molecule has 21 heavy (non-hydrogen) atoms. The smallest absolute Gasteiger partial charge is 0.164 e. The molecule has 2 rings (SSSR count). The first-order valence-corrected chi connectivity index (χ1v) is 8.14. The van der Waals surface area contributed by atoms with Crippen LogP contribution in [0.4, 0.5) is 0 Å². The highest BCUT2D eigenvalue weighted by Crippen LogP contribution is 2.35. The first-order valence-electron chi connectivity index (χ1n) is 7.26. The molecule has 4 heteroatoms. The average molecular weight is 304 g/mol. The molecule has 0 amide bonds. The highest BCUT2D eigenvalue weighted by atomic mass is 32.2. The van der Waals surface area contributed by atoms with Crippen molar-refractivity contribution in [2.45, 2.75) is 57.2 Å². The van der Waals surface area contributed by atoms with Crippen LogP contribution in [0.2, 0.25) is 0 Å². The lowest BCUT2D eigenvalue weighted by Crippen LogP contribution is -2.24. The molecule has 0 aliphatic rings. The Hall–Kier alpha value is -1.42. The van der Waals surface area contributed by atoms with Gasteiger partial charge >= 0.3 is 0 Å². The zero-order chi connectivity index (χ0) is 15.8. The Bertz CT molecular complexity index is 639. The summed E-state index contributed by atoms with van der Waals surface area (Å²) in [5.74, 6) is 0.275. The van der Waals surface area contributed by atoms with Crippen molar-refractivity contribution in [2.75, 3.05) is 0 Å². The number of hydrogen-bond acceptors (Lipinski definition) is 3. The van der Waals surface area contributed by atoms with Crippen molar-refractivity contribution in [3.05, 3.63) is 30.0 Å². The number of benzene rings is 1. The second-order valence-corrected chi connectivity index (χ2v) is 8.21. The van der Waals surface area contributed by atoms with E-state index < -0.39 is 0 Å². The molecule has 1 N–H and O–H groups in total. The fourth-order valence-electron chi connectivity index (χ4n) is 2.33. The summed E-state index contributed by atoms with van der Waals surface area (Å²) in [4.78, 5) is 1.20. The van der Waals surface area contributed by atoms with Crippen LogP contribution < -0.4 is 0 Å². The SMILES string of the molecule is Cc1c(O)c(-c2cccc(SC(C)C)c2)nn1C(C)(C)C. The molecule has 0 saturated carbocycles. The molecule has 0 radical (unpaired) electrons. The maximum atomic E-state index is 10.4. The normalized spacial score (nSPS) is 12.1. The summed E-state index contributed by atoms with van der Waals surface area (Å²) in [5.41, 5.74) is 2.28. The Morgan fingerprint density at radius 2 is 1.90 bits per heavy atom. The van der Waals surface area contributed by atoms with Gasteiger partial charge in [-0.1, -0.05) is 26.0 Å². The van der Waals surface area contributed by atoms with Gasteiger partial charge in [0.25, 0.3) is 0 Å². The number of thioether (sulfide) groups is 1. The molecule has 0 unspecified atom stereocenters. The minimum atomic E-state index is -0.149. The van der Waals surface area contributed by atoms with Gasteiger partial charge in [-0.25, -0.2) is 0 Å². The van der Waals surface area contributed by atoms with E-state index in [1.54, 1.807) is 0 Å². The molecule has 2 aromatic rings. The highest BCUT2D eigenvalue weighted by Gasteiger charge is 2.23. The van der Waals surface area contributed by atoms with Crippen LogP contribution in [0.15, 0.2) is 29.2 Å². The van der Waals surface area contributed by atoms with Crippen LogP contribution in [0.1, 0.15) is 40.3 Å². The fraction of sp³-hybridized carbons (Fsp3) is 0.471. The third-order valence-electron chi connectivity index (χ3n) is 3.20. The Balaban J connectivity index is 2.48. The summed E-state index contributed by atoms with van der Waals surface area (Å²) >= 11 is 1.81. The van der Waals surface area contributed by atoms with E-state index in [1.807, 2.05) is 35.5 Å². The molecule has 0 fully saturated rings. The molecule has 1 heterocycles. The second-order valence-electron chi connectivity index (χ2n) is 6.56. The van der Waals surface area contributed by atoms with Gasteiger partial charge in [-0.15, -0.1) is 11.8 Å². The van der Waals surface area contributed by atoms with E-state index in [-0.39, 0.29) is 11.3 Å². The van der Waals surface area contributed by atoms with Crippen molar-refractivity contribution in [3.8, 4) is 17.0 Å². The highest BCUT2D eigenvalue weighted by molar-refractivity contribution is 7.99. The van der Waals surface area contributed by atoms with Crippen molar-refractivity contribution in [3.63, 3.8) is 0 Å². The predicted octanol–water partition coefficient (Wildman–Crippen LogP) is 4.82. The molecule has 1 aromatic carbocycles. The van der Waals surface area contributed by atoms with Gasteiger partial charge in [0, 0.05) is 15.7 Å². The summed E-state index contributed by atoms with van der Waals surface area (Å²) in [6.45, 7) is 12.5. The van der Waals surface area contributed by atoms with Gasteiger partial charge in [0.15, 0.2) is 5.75 Å². The van der Waals surface area contributed by atoms with Crippen LogP contribution in [-0.2, 0) is 5.54 Å². The number of aromatic hydroxyl groups is 1. The molecule has 0 bridgehead atoms. The quantitative estimate of drug-likeness (QED) is 0.826. The van der Waals surface area contributed by atoms with E-state index in [1.165, 1.54) is 4.90 Å². The van der Waals surface area contributed by atoms with E-state index in [2.05, 4.69) is 51.9 Å². The van der Waals surface area contributed by atoms with Crippen molar-refractivity contribution in [1.29, 1.82) is 0 Å². The Morgan fingerprint density at radius 1 is 1.24 bits per heavy atom. The average Bonchev–Trinajstić information content (AvgIpc) is 2.65. The molecular formula is C17H24N2OS. The molecular weight excluding hydrogens is 280 g/mol. The Morgan fingerprint density at radius 3 is 2.43 bits per heavy atom. The summed E-state index contributed by atoms with van der Waals surface area (Å²) in [6.07, 6.45) is 0. The summed E-state index contributed by atoms with van der Waals surface area (Å²) in [5, 5.41) is 15.6. The van der Waals surface area contributed by atoms with E-state index in [0.29, 0.717) is 10.9 Å². The van der Waals surface area contributed by atoms with Crippen LogP contribution in [0.25, 0.3) is 11.3 Å². The number of rotatable bonds is 3. The maximum absolute atomic E-state index is 10.4. The Labute approximate surface area is 131 Å². The number of hydrogen-bond donors (Lipinski definition) is 1. The molecule has 0 aliphatic carbocycles. The van der Waals surface area contributed by atoms with Gasteiger partial charge in [0.2, 0.25) is 0 Å². The topological polar surface area (TPSA) is 38.1 Å². The molecule has 1 aromatic heterocycles. The monoisotopic (exact) mass is 304 g/mol. The molecule has 0 spiro atoms. The number of aromatic nitrogens is 2. The van der Waals surface area contributed by atoms with Gasteiger partial charge in [-0.05, 0) is 39.8 Å². The van der Waals surface area contributed by atoms with Gasteiger partial charge < -0.3 is 5.11 Å². The summed E-state index contributed by atoms with van der Waals surface area (Å²) in [6, 6.07) is 8.21. The van der Waals surface area contributed by atoms with Crippen LogP contribution in [0.3, 0.4) is 0 Å². The largest absolute Gasteiger partial charge is 0.504 e. The zero-order valence-corrected chi connectivity index (χ0v) is 14.5. The lowest BCUT2D eigenvalue weighted by atomic mass is 10.1. The van der Waals surface area contributed by atoms with Crippen molar-refractivity contribution >= 4 is 11.8 Å². The standard InChI is InChI=1S/C17H24N2OS/c1-11(2)21-14-9-7-8-13(10-14)15-16(20)12(3)19(18-15)17(4,5)6/h7-11,20H,1-6H3. The van der Waals surface area contributed by atoms with Gasteiger partial charge in [0.05, 0.1) is 11.2 Å². The molecule has 0 saturated heterocycles. The third kappa shape index (κ3) is 3.43. The van der Waals surface area contributed by atoms with Crippen molar-refractivity contribution < 1.29 is 5.11 Å². The minimum absolute atomic E-state index is 0.149.